The Bertz CT molecular complexity index is 414. The standard InChI is InChI=1S/C8H5F5O3S/c9-7(10,11)8(12,13)16-5-1-3-6(4-2-5)17(14)15/h1-4H,(H,14,15). The van der Waals surface area contributed by atoms with Crippen molar-refractivity contribution in [1.29, 1.82) is 0 Å². The average molecular weight is 276 g/mol. The van der Waals surface area contributed by atoms with Crippen molar-refractivity contribution in [2.24, 2.45) is 0 Å². The summed E-state index contributed by atoms with van der Waals surface area (Å²) in [5, 5.41) is 0. The van der Waals surface area contributed by atoms with E-state index in [9.17, 15) is 26.2 Å². The third kappa shape index (κ3) is 3.37. The monoisotopic (exact) mass is 276 g/mol. The molecular formula is C8H5F5O3S. The number of alkyl halides is 5. The Balaban J connectivity index is 2.86. The van der Waals surface area contributed by atoms with Crippen molar-refractivity contribution in [3.8, 4) is 5.75 Å². The normalized spacial score (nSPS) is 14.5. The van der Waals surface area contributed by atoms with E-state index in [1.165, 1.54) is 0 Å². The molecule has 0 amide bonds. The molecule has 0 saturated heterocycles. The molecule has 0 aliphatic rings. The maximum absolute atomic E-state index is 12.4. The zero-order chi connectivity index (χ0) is 13.3. The molecule has 17 heavy (non-hydrogen) atoms. The van der Waals surface area contributed by atoms with Gasteiger partial charge < -0.3 is 9.29 Å². The molecule has 1 atom stereocenters. The molecule has 1 aromatic rings. The molecular weight excluding hydrogens is 271 g/mol. The van der Waals surface area contributed by atoms with E-state index in [2.05, 4.69) is 4.74 Å². The van der Waals surface area contributed by atoms with Crippen LogP contribution in [0.3, 0.4) is 0 Å². The molecule has 1 N–H and O–H groups in total. The average Bonchev–Trinajstić information content (AvgIpc) is 2.16. The summed E-state index contributed by atoms with van der Waals surface area (Å²) in [4.78, 5) is -0.146. The molecule has 96 valence electrons. The van der Waals surface area contributed by atoms with Crippen LogP contribution in [0.4, 0.5) is 22.0 Å². The summed E-state index contributed by atoms with van der Waals surface area (Å²) >= 11 is -2.34. The van der Waals surface area contributed by atoms with Crippen LogP contribution in [0.25, 0.3) is 0 Å². The van der Waals surface area contributed by atoms with Crippen LogP contribution in [0.15, 0.2) is 29.2 Å². The summed E-state index contributed by atoms with van der Waals surface area (Å²) in [6.07, 6.45) is -11.1. The van der Waals surface area contributed by atoms with E-state index in [0.29, 0.717) is 0 Å². The van der Waals surface area contributed by atoms with Crippen molar-refractivity contribution in [2.45, 2.75) is 17.2 Å². The highest BCUT2D eigenvalue weighted by Crippen LogP contribution is 2.37. The molecule has 1 rings (SSSR count). The quantitative estimate of drug-likeness (QED) is 0.682. The lowest BCUT2D eigenvalue weighted by molar-refractivity contribution is -0.360. The Morgan fingerprint density at radius 1 is 1.06 bits per heavy atom. The van der Waals surface area contributed by atoms with Crippen LogP contribution in [0.1, 0.15) is 0 Å². The molecule has 1 aromatic carbocycles. The van der Waals surface area contributed by atoms with Crippen LogP contribution in [-0.4, -0.2) is 21.0 Å². The van der Waals surface area contributed by atoms with Crippen LogP contribution in [-0.2, 0) is 11.1 Å². The number of ether oxygens (including phenoxy) is 1. The number of hydrogen-bond acceptors (Lipinski definition) is 2. The van der Waals surface area contributed by atoms with Crippen molar-refractivity contribution >= 4 is 11.1 Å². The summed E-state index contributed by atoms with van der Waals surface area (Å²) < 4.78 is 82.7. The predicted octanol–water partition coefficient (Wildman–Crippen LogP) is 2.80. The third-order valence-electron chi connectivity index (χ3n) is 1.60. The van der Waals surface area contributed by atoms with Crippen molar-refractivity contribution < 1.29 is 35.5 Å². The van der Waals surface area contributed by atoms with E-state index >= 15 is 0 Å². The van der Waals surface area contributed by atoms with Gasteiger partial charge in [-0.05, 0) is 24.3 Å². The minimum absolute atomic E-state index is 0.146. The third-order valence-corrected chi connectivity index (χ3v) is 2.28. The lowest BCUT2D eigenvalue weighted by Crippen LogP contribution is -2.41. The summed E-state index contributed by atoms with van der Waals surface area (Å²) in [7, 11) is 0. The van der Waals surface area contributed by atoms with Crippen LogP contribution < -0.4 is 4.74 Å². The Kier molecular flexibility index (Phi) is 3.72. The molecule has 0 saturated carbocycles. The fraction of sp³-hybridized carbons (Fsp3) is 0.250. The minimum Gasteiger partial charge on any atom is -0.426 e. The molecule has 0 heterocycles. The number of benzene rings is 1. The van der Waals surface area contributed by atoms with Gasteiger partial charge in [-0.2, -0.15) is 22.0 Å². The Labute approximate surface area is 94.5 Å². The molecule has 0 aliphatic heterocycles. The van der Waals surface area contributed by atoms with Gasteiger partial charge in [0, 0.05) is 0 Å². The molecule has 0 aliphatic carbocycles. The Morgan fingerprint density at radius 2 is 1.53 bits per heavy atom. The van der Waals surface area contributed by atoms with Crippen LogP contribution in [0, 0.1) is 0 Å². The summed E-state index contributed by atoms with van der Waals surface area (Å²) in [6, 6.07) is 3.28. The smallest absolute Gasteiger partial charge is 0.426 e. The van der Waals surface area contributed by atoms with Gasteiger partial charge in [0.1, 0.15) is 5.75 Å². The van der Waals surface area contributed by atoms with Crippen molar-refractivity contribution in [1.82, 2.24) is 0 Å². The first-order valence-electron chi connectivity index (χ1n) is 3.98. The van der Waals surface area contributed by atoms with Gasteiger partial charge >= 0.3 is 12.3 Å². The zero-order valence-corrected chi connectivity index (χ0v) is 8.69. The topological polar surface area (TPSA) is 46.5 Å². The van der Waals surface area contributed by atoms with Crippen molar-refractivity contribution in [3.63, 3.8) is 0 Å². The van der Waals surface area contributed by atoms with Crippen LogP contribution in [0.5, 0.6) is 5.75 Å². The van der Waals surface area contributed by atoms with Gasteiger partial charge in [-0.3, -0.25) is 0 Å². The molecule has 0 aromatic heterocycles. The van der Waals surface area contributed by atoms with E-state index in [0.717, 1.165) is 24.3 Å². The highest BCUT2D eigenvalue weighted by atomic mass is 32.2. The predicted molar refractivity (Wildman–Crippen MR) is 47.1 cm³/mol. The van der Waals surface area contributed by atoms with Gasteiger partial charge in [0.2, 0.25) is 0 Å². The molecule has 0 bridgehead atoms. The maximum atomic E-state index is 12.4. The van der Waals surface area contributed by atoms with Crippen molar-refractivity contribution in [2.75, 3.05) is 0 Å². The lowest BCUT2D eigenvalue weighted by atomic mass is 10.3. The summed E-state index contributed by atoms with van der Waals surface area (Å²) in [6.45, 7) is 0. The molecule has 9 heteroatoms. The second-order valence-electron chi connectivity index (χ2n) is 2.84. The second kappa shape index (κ2) is 4.57. The summed E-state index contributed by atoms with van der Waals surface area (Å²) in [5.41, 5.74) is 0. The summed E-state index contributed by atoms with van der Waals surface area (Å²) in [5.74, 6) is -0.762. The van der Waals surface area contributed by atoms with Gasteiger partial charge in [0.15, 0.2) is 11.1 Å². The van der Waals surface area contributed by atoms with E-state index < -0.39 is 29.1 Å². The minimum atomic E-state index is -5.83. The van der Waals surface area contributed by atoms with E-state index in [1.54, 1.807) is 0 Å². The molecule has 0 spiro atoms. The van der Waals surface area contributed by atoms with E-state index in [-0.39, 0.29) is 4.90 Å². The largest absolute Gasteiger partial charge is 0.499 e. The molecule has 0 fully saturated rings. The highest BCUT2D eigenvalue weighted by molar-refractivity contribution is 7.79. The van der Waals surface area contributed by atoms with Gasteiger partial charge in [-0.15, -0.1) is 0 Å². The number of halogens is 5. The Morgan fingerprint density at radius 3 is 1.88 bits per heavy atom. The first-order chi connectivity index (χ1) is 7.63. The number of rotatable bonds is 3. The van der Waals surface area contributed by atoms with Gasteiger partial charge in [0.25, 0.3) is 0 Å². The fourth-order valence-electron chi connectivity index (χ4n) is 0.830. The lowest BCUT2D eigenvalue weighted by Gasteiger charge is -2.20. The zero-order valence-electron chi connectivity index (χ0n) is 7.87. The van der Waals surface area contributed by atoms with Crippen LogP contribution in [0.2, 0.25) is 0 Å². The van der Waals surface area contributed by atoms with E-state index in [4.69, 9.17) is 4.55 Å². The first kappa shape index (κ1) is 13.8. The van der Waals surface area contributed by atoms with Gasteiger partial charge in [-0.25, -0.2) is 4.21 Å². The van der Waals surface area contributed by atoms with E-state index in [1.807, 2.05) is 0 Å². The maximum Gasteiger partial charge on any atom is 0.499 e. The van der Waals surface area contributed by atoms with Crippen LogP contribution >= 0.6 is 0 Å². The first-order valence-corrected chi connectivity index (χ1v) is 5.08. The highest BCUT2D eigenvalue weighted by Gasteiger charge is 2.61. The SMILES string of the molecule is O=S(O)c1ccc(OC(F)(F)C(F)(F)F)cc1. The van der Waals surface area contributed by atoms with Gasteiger partial charge in [-0.1, -0.05) is 0 Å². The molecule has 3 nitrogen and oxygen atoms in total. The molecule has 1 unspecified atom stereocenters. The van der Waals surface area contributed by atoms with Gasteiger partial charge in [0.05, 0.1) is 4.90 Å². The fourth-order valence-corrected chi connectivity index (χ4v) is 1.20. The second-order valence-corrected chi connectivity index (χ2v) is 3.81. The molecule has 0 radical (unpaired) electrons. The Hall–Kier alpha value is -1.22. The van der Waals surface area contributed by atoms with Crippen molar-refractivity contribution in [3.05, 3.63) is 24.3 Å². The number of hydrogen-bond donors (Lipinski definition) is 1.